The second kappa shape index (κ2) is 6.10. The molecule has 3 aliphatic rings. The molecule has 3 atom stereocenters. The van der Waals surface area contributed by atoms with E-state index in [1.54, 1.807) is 11.0 Å². The maximum atomic E-state index is 12.9. The van der Waals surface area contributed by atoms with Crippen LogP contribution in [0.1, 0.15) is 18.4 Å². The van der Waals surface area contributed by atoms with E-state index in [-0.39, 0.29) is 0 Å². The van der Waals surface area contributed by atoms with Gasteiger partial charge in [0, 0.05) is 11.6 Å². The molecule has 2 aliphatic carbocycles. The van der Waals surface area contributed by atoms with E-state index in [2.05, 4.69) is 17.1 Å². The Morgan fingerprint density at radius 3 is 2.50 bits per heavy atom. The zero-order chi connectivity index (χ0) is 16.7. The molecule has 0 unspecified atom stereocenters. The Morgan fingerprint density at radius 2 is 1.88 bits per heavy atom. The molecule has 1 aromatic rings. The second-order valence-corrected chi connectivity index (χ2v) is 7.53. The Labute approximate surface area is 140 Å². The SMILES string of the molecule is FC(F)(F)c1cccc(N2CC[NH+](C[C@H]3C[C@@H]4C=C[C@H]3C4)CC2)c1. The van der Waals surface area contributed by atoms with Crippen LogP contribution in [0.15, 0.2) is 36.4 Å². The third-order valence-electron chi connectivity index (χ3n) is 5.98. The molecule has 1 saturated carbocycles. The number of anilines is 1. The smallest absolute Gasteiger partial charge is 0.360 e. The first-order valence-electron chi connectivity index (χ1n) is 8.93. The Balaban J connectivity index is 1.34. The van der Waals surface area contributed by atoms with Gasteiger partial charge in [-0.1, -0.05) is 18.2 Å². The number of benzene rings is 1. The zero-order valence-electron chi connectivity index (χ0n) is 13.7. The summed E-state index contributed by atoms with van der Waals surface area (Å²) >= 11 is 0. The molecule has 0 aromatic heterocycles. The number of quaternary nitrogens is 1. The summed E-state index contributed by atoms with van der Waals surface area (Å²) in [5.41, 5.74) is 0.148. The van der Waals surface area contributed by atoms with Crippen LogP contribution in [-0.4, -0.2) is 32.7 Å². The molecule has 2 bridgehead atoms. The van der Waals surface area contributed by atoms with E-state index in [1.807, 2.05) is 0 Å². The second-order valence-electron chi connectivity index (χ2n) is 7.53. The molecule has 1 aliphatic heterocycles. The van der Waals surface area contributed by atoms with E-state index in [1.165, 1.54) is 31.5 Å². The average Bonchev–Trinajstić information content (AvgIpc) is 3.18. The van der Waals surface area contributed by atoms with Crippen LogP contribution in [0, 0.1) is 17.8 Å². The van der Waals surface area contributed by atoms with Crippen molar-refractivity contribution in [1.82, 2.24) is 0 Å². The molecule has 2 nitrogen and oxygen atoms in total. The Morgan fingerprint density at radius 1 is 1.08 bits per heavy atom. The van der Waals surface area contributed by atoms with Crippen molar-refractivity contribution in [3.63, 3.8) is 0 Å². The molecule has 1 N–H and O–H groups in total. The molecule has 0 spiro atoms. The van der Waals surface area contributed by atoms with E-state index >= 15 is 0 Å². The van der Waals surface area contributed by atoms with Crippen LogP contribution in [0.5, 0.6) is 0 Å². The van der Waals surface area contributed by atoms with Crippen molar-refractivity contribution in [3.05, 3.63) is 42.0 Å². The highest BCUT2D eigenvalue weighted by Crippen LogP contribution is 2.42. The van der Waals surface area contributed by atoms with Crippen molar-refractivity contribution >= 4 is 5.69 Å². The van der Waals surface area contributed by atoms with Gasteiger partial charge in [0.2, 0.25) is 0 Å². The van der Waals surface area contributed by atoms with Gasteiger partial charge in [0.05, 0.1) is 38.3 Å². The molecule has 0 amide bonds. The fourth-order valence-corrected chi connectivity index (χ4v) is 4.66. The predicted octanol–water partition coefficient (Wildman–Crippen LogP) is 2.62. The standard InChI is InChI=1S/C19H23F3N2/c20-19(21,22)17-2-1-3-18(12-17)24-8-6-23(7-9-24)13-16-11-14-4-5-15(16)10-14/h1-5,12,14-16H,6-11,13H2/p+1/t14-,15+,16-/m1/s1. The largest absolute Gasteiger partial charge is 0.416 e. The van der Waals surface area contributed by atoms with Crippen LogP contribution < -0.4 is 9.80 Å². The minimum absolute atomic E-state index is 0.552. The summed E-state index contributed by atoms with van der Waals surface area (Å²) in [7, 11) is 0. The fourth-order valence-electron chi connectivity index (χ4n) is 4.66. The van der Waals surface area contributed by atoms with Gasteiger partial charge in [-0.2, -0.15) is 13.2 Å². The average molecular weight is 337 g/mol. The summed E-state index contributed by atoms with van der Waals surface area (Å²) in [5, 5.41) is 0. The molecule has 1 saturated heterocycles. The third-order valence-corrected chi connectivity index (χ3v) is 5.98. The van der Waals surface area contributed by atoms with Gasteiger partial charge in [-0.3, -0.25) is 0 Å². The maximum Gasteiger partial charge on any atom is 0.416 e. The molecule has 0 radical (unpaired) electrons. The van der Waals surface area contributed by atoms with Crippen molar-refractivity contribution in [2.75, 3.05) is 37.6 Å². The van der Waals surface area contributed by atoms with Crippen LogP contribution in [0.2, 0.25) is 0 Å². The molecule has 130 valence electrons. The number of fused-ring (bicyclic) bond motifs is 2. The lowest BCUT2D eigenvalue weighted by molar-refractivity contribution is -0.904. The van der Waals surface area contributed by atoms with Gasteiger partial charge in [0.1, 0.15) is 0 Å². The molecular formula is C19H24F3N2+. The van der Waals surface area contributed by atoms with Crippen molar-refractivity contribution < 1.29 is 18.1 Å². The topological polar surface area (TPSA) is 7.68 Å². The van der Waals surface area contributed by atoms with Gasteiger partial charge in [0.25, 0.3) is 0 Å². The minimum atomic E-state index is -4.27. The third kappa shape index (κ3) is 3.18. The monoisotopic (exact) mass is 337 g/mol. The molecular weight excluding hydrogens is 313 g/mol. The number of hydrogen-bond donors (Lipinski definition) is 1. The quantitative estimate of drug-likeness (QED) is 0.833. The summed E-state index contributed by atoms with van der Waals surface area (Å²) in [6.45, 7) is 4.95. The van der Waals surface area contributed by atoms with E-state index in [0.717, 1.165) is 50.0 Å². The normalized spacial score (nSPS) is 30.3. The molecule has 4 rings (SSSR count). The summed E-state index contributed by atoms with van der Waals surface area (Å²) in [4.78, 5) is 3.71. The molecule has 1 heterocycles. The van der Waals surface area contributed by atoms with Crippen LogP contribution in [0.3, 0.4) is 0 Å². The van der Waals surface area contributed by atoms with Gasteiger partial charge in [0.15, 0.2) is 0 Å². The van der Waals surface area contributed by atoms with E-state index in [4.69, 9.17) is 0 Å². The lowest BCUT2D eigenvalue weighted by atomic mass is 9.93. The number of rotatable bonds is 3. The first-order valence-corrected chi connectivity index (χ1v) is 8.93. The predicted molar refractivity (Wildman–Crippen MR) is 88.1 cm³/mol. The molecule has 2 fully saturated rings. The lowest BCUT2D eigenvalue weighted by Gasteiger charge is -2.35. The molecule has 5 heteroatoms. The highest BCUT2D eigenvalue weighted by Gasteiger charge is 2.38. The first-order chi connectivity index (χ1) is 11.5. The number of allylic oxidation sites excluding steroid dienone is 2. The van der Waals surface area contributed by atoms with E-state index in [9.17, 15) is 13.2 Å². The fraction of sp³-hybridized carbons (Fsp3) is 0.579. The van der Waals surface area contributed by atoms with Crippen molar-refractivity contribution in [2.24, 2.45) is 17.8 Å². The summed E-state index contributed by atoms with van der Waals surface area (Å²) < 4.78 is 38.6. The number of hydrogen-bond acceptors (Lipinski definition) is 1. The summed E-state index contributed by atoms with van der Waals surface area (Å²) in [6.07, 6.45) is 3.19. The summed E-state index contributed by atoms with van der Waals surface area (Å²) in [5.74, 6) is 2.41. The van der Waals surface area contributed by atoms with Crippen LogP contribution >= 0.6 is 0 Å². The summed E-state index contributed by atoms with van der Waals surface area (Å²) in [6, 6.07) is 5.74. The molecule has 24 heavy (non-hydrogen) atoms. The van der Waals surface area contributed by atoms with Gasteiger partial charge in [-0.25, -0.2) is 0 Å². The van der Waals surface area contributed by atoms with Crippen LogP contribution in [0.25, 0.3) is 0 Å². The Kier molecular flexibility index (Phi) is 4.07. The molecule has 1 aromatic carbocycles. The number of nitrogens with zero attached hydrogens (tertiary/aromatic N) is 1. The zero-order valence-corrected chi connectivity index (χ0v) is 13.7. The van der Waals surface area contributed by atoms with Gasteiger partial charge >= 0.3 is 6.18 Å². The Hall–Kier alpha value is -1.49. The lowest BCUT2D eigenvalue weighted by Crippen LogP contribution is -3.15. The highest BCUT2D eigenvalue weighted by molar-refractivity contribution is 5.49. The number of halogens is 3. The van der Waals surface area contributed by atoms with E-state index in [0.29, 0.717) is 5.69 Å². The van der Waals surface area contributed by atoms with Gasteiger partial charge < -0.3 is 9.80 Å². The van der Waals surface area contributed by atoms with Crippen LogP contribution in [0.4, 0.5) is 18.9 Å². The van der Waals surface area contributed by atoms with Crippen LogP contribution in [-0.2, 0) is 6.18 Å². The maximum absolute atomic E-state index is 12.9. The van der Waals surface area contributed by atoms with Crippen molar-refractivity contribution in [2.45, 2.75) is 19.0 Å². The Bertz CT molecular complexity index is 617. The highest BCUT2D eigenvalue weighted by atomic mass is 19.4. The first kappa shape index (κ1) is 16.0. The van der Waals surface area contributed by atoms with Gasteiger partial charge in [-0.05, 0) is 42.9 Å². The van der Waals surface area contributed by atoms with Crippen molar-refractivity contribution in [3.8, 4) is 0 Å². The number of piperazine rings is 1. The van der Waals surface area contributed by atoms with Crippen molar-refractivity contribution in [1.29, 1.82) is 0 Å². The number of nitrogens with one attached hydrogen (secondary N) is 1. The van der Waals surface area contributed by atoms with Gasteiger partial charge in [-0.15, -0.1) is 0 Å². The number of alkyl halides is 3. The minimum Gasteiger partial charge on any atom is -0.360 e. The van der Waals surface area contributed by atoms with E-state index < -0.39 is 11.7 Å².